The average molecular weight is 302 g/mol. The lowest BCUT2D eigenvalue weighted by Gasteiger charge is -2.29. The van der Waals surface area contributed by atoms with Crippen molar-refractivity contribution in [3.8, 4) is 0 Å². The predicted molar refractivity (Wildman–Crippen MR) is 76.3 cm³/mol. The Morgan fingerprint density at radius 3 is 2.62 bits per heavy atom. The standard InChI is InChI=1S/C15H21F3N2O/c1-19-7-3-4-12(19)9-20(2)14-6-5-11(10-21)8-13(14)15(16,17)18/h5-6,8,12,21H,3-4,7,9-10H2,1-2H3. The summed E-state index contributed by atoms with van der Waals surface area (Å²) < 4.78 is 39.6. The first-order valence-corrected chi connectivity index (χ1v) is 7.05. The van der Waals surface area contributed by atoms with Gasteiger partial charge in [0.1, 0.15) is 0 Å². The molecule has 0 saturated carbocycles. The first-order chi connectivity index (χ1) is 9.82. The predicted octanol–water partition coefficient (Wildman–Crippen LogP) is 2.73. The van der Waals surface area contributed by atoms with Crippen LogP contribution in [0.4, 0.5) is 18.9 Å². The third-order valence-electron chi connectivity index (χ3n) is 4.12. The number of rotatable bonds is 4. The zero-order valence-corrected chi connectivity index (χ0v) is 12.3. The van der Waals surface area contributed by atoms with Crippen LogP contribution in [-0.2, 0) is 12.8 Å². The lowest BCUT2D eigenvalue weighted by Crippen LogP contribution is -2.37. The molecular formula is C15H21F3N2O. The first kappa shape index (κ1) is 16.1. The molecule has 1 aromatic carbocycles. The van der Waals surface area contributed by atoms with Crippen molar-refractivity contribution in [2.24, 2.45) is 0 Å². The summed E-state index contributed by atoms with van der Waals surface area (Å²) in [6.45, 7) is 1.17. The highest BCUT2D eigenvalue weighted by molar-refractivity contribution is 5.56. The Morgan fingerprint density at radius 2 is 2.10 bits per heavy atom. The molecule has 1 atom stereocenters. The molecule has 3 nitrogen and oxygen atoms in total. The highest BCUT2D eigenvalue weighted by Gasteiger charge is 2.35. The van der Waals surface area contributed by atoms with Crippen LogP contribution in [0.5, 0.6) is 0 Å². The summed E-state index contributed by atoms with van der Waals surface area (Å²) in [6.07, 6.45) is -2.32. The maximum atomic E-state index is 13.2. The van der Waals surface area contributed by atoms with Crippen LogP contribution in [0.2, 0.25) is 0 Å². The fourth-order valence-corrected chi connectivity index (χ4v) is 2.87. The molecule has 2 rings (SSSR count). The molecule has 1 fully saturated rings. The monoisotopic (exact) mass is 302 g/mol. The van der Waals surface area contributed by atoms with E-state index in [4.69, 9.17) is 5.11 Å². The van der Waals surface area contributed by atoms with Crippen molar-refractivity contribution in [3.63, 3.8) is 0 Å². The number of aliphatic hydroxyl groups excluding tert-OH is 1. The summed E-state index contributed by atoms with van der Waals surface area (Å²) in [6, 6.07) is 4.31. The Labute approximate surface area is 123 Å². The number of hydrogen-bond donors (Lipinski definition) is 1. The van der Waals surface area contributed by atoms with Crippen LogP contribution in [0.15, 0.2) is 18.2 Å². The van der Waals surface area contributed by atoms with E-state index in [1.807, 2.05) is 7.05 Å². The van der Waals surface area contributed by atoms with E-state index in [1.165, 1.54) is 6.07 Å². The smallest absolute Gasteiger partial charge is 0.392 e. The molecule has 0 radical (unpaired) electrons. The van der Waals surface area contributed by atoms with E-state index in [0.29, 0.717) is 6.54 Å². The van der Waals surface area contributed by atoms with Gasteiger partial charge in [0.15, 0.2) is 0 Å². The highest BCUT2D eigenvalue weighted by atomic mass is 19.4. The van der Waals surface area contributed by atoms with E-state index in [-0.39, 0.29) is 17.3 Å². The Balaban J connectivity index is 2.25. The van der Waals surface area contributed by atoms with Gasteiger partial charge in [-0.25, -0.2) is 0 Å². The van der Waals surface area contributed by atoms with E-state index < -0.39 is 18.3 Å². The summed E-state index contributed by atoms with van der Waals surface area (Å²) in [4.78, 5) is 3.85. The van der Waals surface area contributed by atoms with Crippen LogP contribution in [-0.4, -0.2) is 43.2 Å². The van der Waals surface area contributed by atoms with Crippen molar-refractivity contribution < 1.29 is 18.3 Å². The largest absolute Gasteiger partial charge is 0.418 e. The molecule has 1 saturated heterocycles. The average Bonchev–Trinajstić information content (AvgIpc) is 2.82. The minimum absolute atomic E-state index is 0.167. The second kappa shape index (κ2) is 6.23. The molecule has 118 valence electrons. The van der Waals surface area contributed by atoms with Crippen LogP contribution < -0.4 is 4.90 Å². The summed E-state index contributed by atoms with van der Waals surface area (Å²) in [7, 11) is 3.69. The van der Waals surface area contributed by atoms with E-state index in [1.54, 1.807) is 18.0 Å². The zero-order chi connectivity index (χ0) is 15.6. The Bertz CT molecular complexity index is 490. The second-order valence-corrected chi connectivity index (χ2v) is 5.66. The SMILES string of the molecule is CN(CC1CCCN1C)c1ccc(CO)cc1C(F)(F)F. The summed E-state index contributed by atoms with van der Waals surface area (Å²) in [5.74, 6) is 0. The number of benzene rings is 1. The van der Waals surface area contributed by atoms with Crippen LogP contribution in [0.25, 0.3) is 0 Å². The molecule has 6 heteroatoms. The number of likely N-dealkylation sites (tertiary alicyclic amines) is 1. The molecule has 0 aromatic heterocycles. The van der Waals surface area contributed by atoms with Gasteiger partial charge < -0.3 is 14.9 Å². The molecule has 0 aliphatic carbocycles. The van der Waals surface area contributed by atoms with Gasteiger partial charge in [0.2, 0.25) is 0 Å². The van der Waals surface area contributed by atoms with E-state index >= 15 is 0 Å². The maximum Gasteiger partial charge on any atom is 0.418 e. The highest BCUT2D eigenvalue weighted by Crippen LogP contribution is 2.37. The molecule has 1 N–H and O–H groups in total. The van der Waals surface area contributed by atoms with Crippen molar-refractivity contribution >= 4 is 5.69 Å². The number of hydrogen-bond acceptors (Lipinski definition) is 3. The molecule has 1 aliphatic rings. The number of aliphatic hydroxyl groups is 1. The third kappa shape index (κ3) is 3.68. The van der Waals surface area contributed by atoms with Crippen LogP contribution >= 0.6 is 0 Å². The van der Waals surface area contributed by atoms with Gasteiger partial charge >= 0.3 is 6.18 Å². The second-order valence-electron chi connectivity index (χ2n) is 5.66. The van der Waals surface area contributed by atoms with Crippen molar-refractivity contribution in [3.05, 3.63) is 29.3 Å². The van der Waals surface area contributed by atoms with Gasteiger partial charge in [-0.3, -0.25) is 0 Å². The lowest BCUT2D eigenvalue weighted by molar-refractivity contribution is -0.137. The van der Waals surface area contributed by atoms with E-state index in [0.717, 1.165) is 25.5 Å². The van der Waals surface area contributed by atoms with Gasteiger partial charge in [-0.15, -0.1) is 0 Å². The van der Waals surface area contributed by atoms with Crippen LogP contribution in [0.1, 0.15) is 24.0 Å². The molecule has 1 aliphatic heterocycles. The number of nitrogens with zero attached hydrogens (tertiary/aromatic N) is 2. The van der Waals surface area contributed by atoms with Gasteiger partial charge in [-0.05, 0) is 44.1 Å². The Morgan fingerprint density at radius 1 is 1.38 bits per heavy atom. The maximum absolute atomic E-state index is 13.2. The quantitative estimate of drug-likeness (QED) is 0.926. The first-order valence-electron chi connectivity index (χ1n) is 7.05. The summed E-state index contributed by atoms with van der Waals surface area (Å²) in [5.41, 5.74) is -0.241. The molecular weight excluding hydrogens is 281 g/mol. The topological polar surface area (TPSA) is 26.7 Å². The molecule has 21 heavy (non-hydrogen) atoms. The van der Waals surface area contributed by atoms with Crippen LogP contribution in [0.3, 0.4) is 0 Å². The number of halogens is 3. The fraction of sp³-hybridized carbons (Fsp3) is 0.600. The van der Waals surface area contributed by atoms with Crippen molar-refractivity contribution in [2.45, 2.75) is 31.7 Å². The molecule has 0 bridgehead atoms. The lowest BCUT2D eigenvalue weighted by atomic mass is 10.1. The normalized spacial score (nSPS) is 20.0. The van der Waals surface area contributed by atoms with Crippen molar-refractivity contribution in [1.29, 1.82) is 0 Å². The minimum atomic E-state index is -4.42. The third-order valence-corrected chi connectivity index (χ3v) is 4.12. The summed E-state index contributed by atoms with van der Waals surface area (Å²) >= 11 is 0. The Kier molecular flexibility index (Phi) is 4.78. The van der Waals surface area contributed by atoms with Gasteiger partial charge in [-0.1, -0.05) is 6.07 Å². The van der Waals surface area contributed by atoms with Crippen LogP contribution in [0, 0.1) is 0 Å². The molecule has 1 heterocycles. The number of likely N-dealkylation sites (N-methyl/N-ethyl adjacent to an activating group) is 2. The number of anilines is 1. The van der Waals surface area contributed by atoms with E-state index in [2.05, 4.69) is 4.90 Å². The minimum Gasteiger partial charge on any atom is -0.392 e. The molecule has 1 unspecified atom stereocenters. The van der Waals surface area contributed by atoms with E-state index in [9.17, 15) is 13.2 Å². The summed E-state index contributed by atoms with van der Waals surface area (Å²) in [5, 5.41) is 9.03. The fourth-order valence-electron chi connectivity index (χ4n) is 2.87. The number of alkyl halides is 3. The Hall–Kier alpha value is -1.27. The van der Waals surface area contributed by atoms with Crippen molar-refractivity contribution in [2.75, 3.05) is 32.1 Å². The van der Waals surface area contributed by atoms with Gasteiger partial charge in [-0.2, -0.15) is 13.2 Å². The molecule has 0 spiro atoms. The molecule has 0 amide bonds. The van der Waals surface area contributed by atoms with Gasteiger partial charge in [0.25, 0.3) is 0 Å². The van der Waals surface area contributed by atoms with Gasteiger partial charge in [0, 0.05) is 25.3 Å². The van der Waals surface area contributed by atoms with Gasteiger partial charge in [0.05, 0.1) is 12.2 Å². The zero-order valence-electron chi connectivity index (χ0n) is 12.3. The van der Waals surface area contributed by atoms with Crippen molar-refractivity contribution in [1.82, 2.24) is 4.90 Å². The molecule has 1 aromatic rings.